The molecule has 3 aliphatic heterocycles. The highest BCUT2D eigenvalue weighted by molar-refractivity contribution is 5.99. The number of rotatable bonds is 9. The number of likely N-dealkylation sites (N-methyl/N-ethyl adjacent to an activating group) is 1. The maximum atomic E-state index is 13.7. The largest absolute Gasteiger partial charge is 0.489 e. The summed E-state index contributed by atoms with van der Waals surface area (Å²) in [7, 11) is 4.03. The number of amides is 2. The minimum Gasteiger partial charge on any atom is -0.489 e. The molecule has 2 saturated heterocycles. The predicted octanol–water partition coefficient (Wildman–Crippen LogP) is 5.00. The van der Waals surface area contributed by atoms with Gasteiger partial charge in [0.1, 0.15) is 11.4 Å². The third kappa shape index (κ3) is 7.51. The molecule has 2 amide bonds. The topological polar surface area (TPSA) is 97.4 Å². The monoisotopic (exact) mass is 646 g/mol. The molecule has 0 bridgehead atoms. The van der Waals surface area contributed by atoms with E-state index in [1.54, 1.807) is 11.1 Å². The molecule has 1 saturated carbocycles. The van der Waals surface area contributed by atoms with Crippen LogP contribution < -0.4 is 19.9 Å². The first-order valence-corrected chi connectivity index (χ1v) is 17.9. The van der Waals surface area contributed by atoms with Crippen LogP contribution in [0.15, 0.2) is 24.4 Å². The lowest BCUT2D eigenvalue weighted by molar-refractivity contribution is -0.121. The van der Waals surface area contributed by atoms with Crippen LogP contribution in [0.25, 0.3) is 0 Å². The average Bonchev–Trinajstić information content (AvgIpc) is 3.59. The van der Waals surface area contributed by atoms with Crippen LogP contribution in [0.3, 0.4) is 0 Å². The summed E-state index contributed by atoms with van der Waals surface area (Å²) in [5.41, 5.74) is 2.09. The van der Waals surface area contributed by atoms with Crippen LogP contribution in [0.4, 0.5) is 23.1 Å². The van der Waals surface area contributed by atoms with E-state index < -0.39 is 0 Å². The molecule has 2 aromatic rings. The van der Waals surface area contributed by atoms with Gasteiger partial charge in [0.2, 0.25) is 11.9 Å². The molecule has 4 heterocycles. The van der Waals surface area contributed by atoms with Gasteiger partial charge < -0.3 is 29.7 Å². The van der Waals surface area contributed by atoms with Crippen molar-refractivity contribution >= 4 is 35.0 Å². The van der Waals surface area contributed by atoms with Crippen molar-refractivity contribution < 1.29 is 14.3 Å². The highest BCUT2D eigenvalue weighted by Gasteiger charge is 2.37. The van der Waals surface area contributed by atoms with Crippen LogP contribution >= 0.6 is 0 Å². The number of ether oxygens (including phenoxy) is 1. The van der Waals surface area contributed by atoms with E-state index in [0.717, 1.165) is 89.3 Å². The first-order chi connectivity index (χ1) is 22.7. The molecule has 47 heavy (non-hydrogen) atoms. The fourth-order valence-corrected chi connectivity index (χ4v) is 7.80. The van der Waals surface area contributed by atoms with Crippen molar-refractivity contribution in [3.05, 3.63) is 30.0 Å². The number of piperazine rings is 1. The number of nitrogens with zero attached hydrogens (tertiary/aromatic N) is 7. The zero-order chi connectivity index (χ0) is 33.1. The van der Waals surface area contributed by atoms with E-state index in [1.807, 2.05) is 44.0 Å². The molecule has 6 rings (SSSR count). The van der Waals surface area contributed by atoms with Gasteiger partial charge in [-0.05, 0) is 71.2 Å². The SMILES string of the molecule is CCC[C@H]1CN(C2CCCC2)c2nc(Nc3ccc(C(=O)N4CCC(N5CCN(C)CC5)CC4)cc3OC(C)C)ncc2N(C)C1=O. The van der Waals surface area contributed by atoms with Gasteiger partial charge in [-0.15, -0.1) is 0 Å². The van der Waals surface area contributed by atoms with Crippen molar-refractivity contribution in [1.82, 2.24) is 24.7 Å². The van der Waals surface area contributed by atoms with E-state index in [0.29, 0.717) is 41.6 Å². The Kier molecular flexibility index (Phi) is 10.5. The Bertz CT molecular complexity index is 1400. The lowest BCUT2D eigenvalue weighted by Gasteiger charge is -2.42. The fraction of sp³-hybridized carbons (Fsp3) is 0.667. The first-order valence-electron chi connectivity index (χ1n) is 17.9. The van der Waals surface area contributed by atoms with E-state index in [1.165, 1.54) is 12.8 Å². The van der Waals surface area contributed by atoms with Gasteiger partial charge in [-0.2, -0.15) is 4.98 Å². The normalized spacial score (nSPS) is 22.1. The molecule has 0 spiro atoms. The molecule has 1 aliphatic carbocycles. The number of nitrogens with one attached hydrogen (secondary N) is 1. The third-order valence-corrected chi connectivity index (χ3v) is 10.5. The Balaban J connectivity index is 1.20. The summed E-state index contributed by atoms with van der Waals surface area (Å²) in [5.74, 6) is 1.96. The molecule has 256 valence electrons. The number of likely N-dealkylation sites (tertiary alicyclic amines) is 1. The Morgan fingerprint density at radius 2 is 1.72 bits per heavy atom. The molecule has 1 aromatic carbocycles. The molecule has 0 unspecified atom stereocenters. The van der Waals surface area contributed by atoms with Crippen LogP contribution in [0.1, 0.15) is 82.5 Å². The molecule has 11 heteroatoms. The number of carbonyl (C=O) groups excluding carboxylic acids is 2. The van der Waals surface area contributed by atoms with Crippen molar-refractivity contribution in [3.8, 4) is 5.75 Å². The molecule has 1 N–H and O–H groups in total. The average molecular weight is 647 g/mol. The highest BCUT2D eigenvalue weighted by Crippen LogP contribution is 2.39. The van der Waals surface area contributed by atoms with Gasteiger partial charge >= 0.3 is 0 Å². The van der Waals surface area contributed by atoms with Crippen molar-refractivity contribution in [2.45, 2.75) is 90.3 Å². The lowest BCUT2D eigenvalue weighted by atomic mass is 10.0. The Labute approximate surface area is 280 Å². The summed E-state index contributed by atoms with van der Waals surface area (Å²) in [6, 6.07) is 6.55. The molecule has 4 aliphatic rings. The Hall–Kier alpha value is -3.44. The van der Waals surface area contributed by atoms with Crippen LogP contribution in [0.2, 0.25) is 0 Å². The van der Waals surface area contributed by atoms with Gasteiger partial charge in [0.15, 0.2) is 5.82 Å². The lowest BCUT2D eigenvalue weighted by Crippen LogP contribution is -2.52. The maximum absolute atomic E-state index is 13.7. The molecule has 1 atom stereocenters. The Morgan fingerprint density at radius 1 is 1.00 bits per heavy atom. The van der Waals surface area contributed by atoms with Gasteiger partial charge in [-0.3, -0.25) is 14.5 Å². The number of carbonyl (C=O) groups is 2. The summed E-state index contributed by atoms with van der Waals surface area (Å²) < 4.78 is 6.25. The second kappa shape index (κ2) is 14.8. The third-order valence-electron chi connectivity index (χ3n) is 10.5. The van der Waals surface area contributed by atoms with E-state index >= 15 is 0 Å². The van der Waals surface area contributed by atoms with Crippen molar-refractivity contribution in [1.29, 1.82) is 0 Å². The number of benzene rings is 1. The second-order valence-electron chi connectivity index (χ2n) is 14.2. The van der Waals surface area contributed by atoms with E-state index in [-0.39, 0.29) is 23.8 Å². The van der Waals surface area contributed by atoms with E-state index in [2.05, 4.69) is 39.0 Å². The Morgan fingerprint density at radius 3 is 2.40 bits per heavy atom. The predicted molar refractivity (Wildman–Crippen MR) is 187 cm³/mol. The van der Waals surface area contributed by atoms with Crippen LogP contribution in [0, 0.1) is 5.92 Å². The molecule has 0 radical (unpaired) electrons. The fourth-order valence-electron chi connectivity index (χ4n) is 7.80. The zero-order valence-electron chi connectivity index (χ0n) is 29.1. The molecule has 1 aromatic heterocycles. The molecule has 3 fully saturated rings. The number of piperidine rings is 1. The smallest absolute Gasteiger partial charge is 0.253 e. The van der Waals surface area contributed by atoms with Crippen LogP contribution in [-0.2, 0) is 4.79 Å². The van der Waals surface area contributed by atoms with Crippen LogP contribution in [0.5, 0.6) is 5.75 Å². The highest BCUT2D eigenvalue weighted by atomic mass is 16.5. The summed E-state index contributed by atoms with van der Waals surface area (Å²) in [5, 5.41) is 3.40. The molecule has 11 nitrogen and oxygen atoms in total. The quantitative estimate of drug-likeness (QED) is 0.404. The zero-order valence-corrected chi connectivity index (χ0v) is 29.1. The standard InChI is InChI=1S/C36H54N8O3/c1-6-9-27-24-44(29-10-7-8-11-29)33-31(41(5)34(27)45)23-37-36(39-33)38-30-13-12-26(22-32(30)47-25(2)3)35(46)43-16-14-28(15-17-43)42-20-18-40(4)19-21-42/h12-13,22-23,25,27-29H,6-11,14-21,24H2,1-5H3,(H,37,38,39)/t27-/m0/s1. The minimum absolute atomic E-state index is 0.0461. The van der Waals surface area contributed by atoms with Crippen LogP contribution in [-0.4, -0.2) is 115 Å². The number of aromatic nitrogens is 2. The number of hydrogen-bond donors (Lipinski definition) is 1. The van der Waals surface area contributed by atoms with Crippen molar-refractivity contribution in [2.24, 2.45) is 5.92 Å². The van der Waals surface area contributed by atoms with Gasteiger partial charge in [0.05, 0.1) is 23.9 Å². The van der Waals surface area contributed by atoms with Crippen molar-refractivity contribution in [2.75, 3.05) is 75.0 Å². The maximum Gasteiger partial charge on any atom is 0.253 e. The van der Waals surface area contributed by atoms with Gasteiger partial charge in [-0.1, -0.05) is 26.2 Å². The first kappa shape index (κ1) is 33.5. The number of fused-ring (bicyclic) bond motifs is 1. The number of hydrogen-bond acceptors (Lipinski definition) is 9. The second-order valence-corrected chi connectivity index (χ2v) is 14.2. The summed E-state index contributed by atoms with van der Waals surface area (Å²) in [4.78, 5) is 48.0. The van der Waals surface area contributed by atoms with E-state index in [9.17, 15) is 9.59 Å². The van der Waals surface area contributed by atoms with Gasteiger partial charge in [-0.25, -0.2) is 4.98 Å². The minimum atomic E-state index is -0.0822. The molecular weight excluding hydrogens is 592 g/mol. The summed E-state index contributed by atoms with van der Waals surface area (Å²) in [6.45, 7) is 12.8. The number of anilines is 4. The van der Waals surface area contributed by atoms with Gasteiger partial charge in [0, 0.05) is 70.5 Å². The summed E-state index contributed by atoms with van der Waals surface area (Å²) >= 11 is 0. The van der Waals surface area contributed by atoms with Crippen molar-refractivity contribution in [3.63, 3.8) is 0 Å². The molecular formula is C36H54N8O3. The summed E-state index contributed by atoms with van der Waals surface area (Å²) in [6.07, 6.45) is 10.1. The van der Waals surface area contributed by atoms with E-state index in [4.69, 9.17) is 9.72 Å². The van der Waals surface area contributed by atoms with Gasteiger partial charge in [0.25, 0.3) is 5.91 Å².